The van der Waals surface area contributed by atoms with E-state index in [4.69, 9.17) is 9.47 Å². The van der Waals surface area contributed by atoms with Gasteiger partial charge in [0.25, 0.3) is 0 Å². The van der Waals surface area contributed by atoms with Gasteiger partial charge in [-0.2, -0.15) is 0 Å². The van der Waals surface area contributed by atoms with E-state index in [1.807, 2.05) is 43.3 Å². The Kier molecular flexibility index (Phi) is 6.22. The van der Waals surface area contributed by atoms with Gasteiger partial charge in [0.2, 0.25) is 6.79 Å². The van der Waals surface area contributed by atoms with E-state index in [0.29, 0.717) is 17.1 Å². The lowest BCUT2D eigenvalue weighted by molar-refractivity contribution is 0.120. The van der Waals surface area contributed by atoms with E-state index in [2.05, 4.69) is 31.2 Å². The number of benzene rings is 4. The van der Waals surface area contributed by atoms with Crippen LogP contribution in [0.4, 0.5) is 8.78 Å². The van der Waals surface area contributed by atoms with Crippen LogP contribution < -0.4 is 9.47 Å². The summed E-state index contributed by atoms with van der Waals surface area (Å²) in [5, 5.41) is 0. The molecule has 4 rings (SSSR count). The Labute approximate surface area is 187 Å². The summed E-state index contributed by atoms with van der Waals surface area (Å²) in [7, 11) is 0. The Bertz CT molecular complexity index is 1210. The van der Waals surface area contributed by atoms with Gasteiger partial charge in [0.05, 0.1) is 0 Å². The molecule has 162 valence electrons. The summed E-state index contributed by atoms with van der Waals surface area (Å²) in [5.74, 6) is -0.301. The van der Waals surface area contributed by atoms with Crippen LogP contribution in [-0.4, -0.2) is 6.79 Å². The summed E-state index contributed by atoms with van der Waals surface area (Å²) >= 11 is 0. The molecule has 4 heteroatoms. The Balaban J connectivity index is 1.38. The van der Waals surface area contributed by atoms with Crippen molar-refractivity contribution in [2.24, 2.45) is 0 Å². The van der Waals surface area contributed by atoms with Crippen LogP contribution in [0.5, 0.6) is 11.5 Å². The highest BCUT2D eigenvalue weighted by molar-refractivity contribution is 5.69. The molecule has 0 radical (unpaired) electrons. The highest BCUT2D eigenvalue weighted by atomic mass is 19.2. The van der Waals surface area contributed by atoms with Crippen molar-refractivity contribution in [3.05, 3.63) is 107 Å². The van der Waals surface area contributed by atoms with Crippen molar-refractivity contribution in [2.75, 3.05) is 6.79 Å². The lowest BCUT2D eigenvalue weighted by atomic mass is 9.98. The molecular formula is C28H24F2O2. The van der Waals surface area contributed by atoms with Crippen LogP contribution in [0.15, 0.2) is 78.9 Å². The van der Waals surface area contributed by atoms with Gasteiger partial charge in [-0.15, -0.1) is 0 Å². The van der Waals surface area contributed by atoms with Gasteiger partial charge in [-0.3, -0.25) is 0 Å². The van der Waals surface area contributed by atoms with E-state index in [0.717, 1.165) is 22.3 Å². The largest absolute Gasteiger partial charge is 0.458 e. The molecule has 0 aliphatic heterocycles. The van der Waals surface area contributed by atoms with Crippen LogP contribution in [0.2, 0.25) is 0 Å². The van der Waals surface area contributed by atoms with Crippen molar-refractivity contribution in [3.8, 4) is 33.8 Å². The van der Waals surface area contributed by atoms with Gasteiger partial charge in [-0.1, -0.05) is 48.0 Å². The second-order valence-corrected chi connectivity index (χ2v) is 7.86. The minimum absolute atomic E-state index is 0.0624. The molecule has 0 aliphatic carbocycles. The maximum Gasteiger partial charge on any atom is 0.230 e. The predicted molar refractivity (Wildman–Crippen MR) is 124 cm³/mol. The maximum absolute atomic E-state index is 13.8. The molecule has 0 spiro atoms. The third kappa shape index (κ3) is 4.80. The van der Waals surface area contributed by atoms with Crippen molar-refractivity contribution in [1.82, 2.24) is 0 Å². The summed E-state index contributed by atoms with van der Waals surface area (Å²) in [5.41, 5.74) is 6.15. The third-order valence-electron chi connectivity index (χ3n) is 5.41. The first-order valence-corrected chi connectivity index (χ1v) is 10.4. The molecular weight excluding hydrogens is 406 g/mol. The van der Waals surface area contributed by atoms with Gasteiger partial charge in [0, 0.05) is 0 Å². The summed E-state index contributed by atoms with van der Waals surface area (Å²) in [6.45, 7) is 5.59. The average Bonchev–Trinajstić information content (AvgIpc) is 2.78. The number of aryl methyl sites for hydroxylation is 3. The molecule has 0 aromatic heterocycles. The molecule has 4 aromatic rings. The van der Waals surface area contributed by atoms with E-state index < -0.39 is 11.6 Å². The monoisotopic (exact) mass is 430 g/mol. The summed E-state index contributed by atoms with van der Waals surface area (Å²) < 4.78 is 38.8. The van der Waals surface area contributed by atoms with Crippen molar-refractivity contribution in [1.29, 1.82) is 0 Å². The number of halogens is 2. The van der Waals surface area contributed by atoms with Gasteiger partial charge in [-0.05, 0) is 90.6 Å². The summed E-state index contributed by atoms with van der Waals surface area (Å²) in [4.78, 5) is 0. The van der Waals surface area contributed by atoms with E-state index in [9.17, 15) is 8.78 Å². The average molecular weight is 430 g/mol. The molecule has 0 saturated heterocycles. The molecule has 0 N–H and O–H groups in total. The zero-order chi connectivity index (χ0) is 22.7. The fourth-order valence-electron chi connectivity index (χ4n) is 3.59. The molecule has 0 fully saturated rings. The first kappa shape index (κ1) is 21.6. The van der Waals surface area contributed by atoms with E-state index in [1.165, 1.54) is 11.6 Å². The number of ether oxygens (including phenoxy) is 2. The van der Waals surface area contributed by atoms with Crippen molar-refractivity contribution in [2.45, 2.75) is 20.8 Å². The molecule has 0 heterocycles. The fourth-order valence-corrected chi connectivity index (χ4v) is 3.59. The van der Waals surface area contributed by atoms with Crippen LogP contribution in [0, 0.1) is 32.4 Å². The standard InChI is InChI=1S/C28H24F2O2/c1-18-4-6-21(7-5-18)22-8-10-24(11-9-22)31-17-32-25-12-13-26(19(2)15-25)23-14-20(3)28(30)27(29)16-23/h4-16H,17H2,1-3H3. The molecule has 0 saturated carbocycles. The Morgan fingerprint density at radius 3 is 1.81 bits per heavy atom. The van der Waals surface area contributed by atoms with Crippen molar-refractivity contribution < 1.29 is 18.3 Å². The van der Waals surface area contributed by atoms with Gasteiger partial charge < -0.3 is 9.47 Å². The minimum Gasteiger partial charge on any atom is -0.458 e. The van der Waals surface area contributed by atoms with Crippen LogP contribution in [0.25, 0.3) is 22.3 Å². The van der Waals surface area contributed by atoms with Gasteiger partial charge in [0.1, 0.15) is 11.5 Å². The second-order valence-electron chi connectivity index (χ2n) is 7.86. The van der Waals surface area contributed by atoms with Gasteiger partial charge in [0.15, 0.2) is 11.6 Å². The molecule has 2 nitrogen and oxygen atoms in total. The normalized spacial score (nSPS) is 10.8. The van der Waals surface area contributed by atoms with Crippen LogP contribution in [0.1, 0.15) is 16.7 Å². The topological polar surface area (TPSA) is 18.5 Å². The third-order valence-corrected chi connectivity index (χ3v) is 5.41. The van der Waals surface area contributed by atoms with Gasteiger partial charge >= 0.3 is 0 Å². The van der Waals surface area contributed by atoms with E-state index in [1.54, 1.807) is 19.1 Å². The first-order valence-electron chi connectivity index (χ1n) is 10.4. The molecule has 0 bridgehead atoms. The highest BCUT2D eigenvalue weighted by Gasteiger charge is 2.11. The maximum atomic E-state index is 13.8. The number of hydrogen-bond donors (Lipinski definition) is 0. The Morgan fingerprint density at radius 1 is 0.594 bits per heavy atom. The molecule has 0 aliphatic rings. The lowest BCUT2D eigenvalue weighted by Gasteiger charge is -2.12. The number of rotatable bonds is 6. The summed E-state index contributed by atoms with van der Waals surface area (Å²) in [6.07, 6.45) is 0. The smallest absolute Gasteiger partial charge is 0.230 e. The highest BCUT2D eigenvalue weighted by Crippen LogP contribution is 2.29. The van der Waals surface area contributed by atoms with Crippen LogP contribution >= 0.6 is 0 Å². The fraction of sp³-hybridized carbons (Fsp3) is 0.143. The minimum atomic E-state index is -0.846. The van der Waals surface area contributed by atoms with Crippen LogP contribution in [-0.2, 0) is 0 Å². The molecule has 0 atom stereocenters. The molecule has 0 amide bonds. The van der Waals surface area contributed by atoms with E-state index in [-0.39, 0.29) is 12.4 Å². The quantitative estimate of drug-likeness (QED) is 0.293. The van der Waals surface area contributed by atoms with Gasteiger partial charge in [-0.25, -0.2) is 8.78 Å². The van der Waals surface area contributed by atoms with E-state index >= 15 is 0 Å². The molecule has 4 aromatic carbocycles. The molecule has 32 heavy (non-hydrogen) atoms. The second kappa shape index (κ2) is 9.23. The Morgan fingerprint density at radius 2 is 1.19 bits per heavy atom. The van der Waals surface area contributed by atoms with Crippen LogP contribution in [0.3, 0.4) is 0 Å². The first-order chi connectivity index (χ1) is 15.4. The number of hydrogen-bond acceptors (Lipinski definition) is 2. The SMILES string of the molecule is Cc1ccc(-c2ccc(OCOc3ccc(-c4cc(C)c(F)c(F)c4)c(C)c3)cc2)cc1. The molecule has 0 unspecified atom stereocenters. The van der Waals surface area contributed by atoms with Crippen molar-refractivity contribution >= 4 is 0 Å². The zero-order valence-electron chi connectivity index (χ0n) is 18.3. The summed E-state index contributed by atoms with van der Waals surface area (Å²) in [6, 6.07) is 24.6. The predicted octanol–water partition coefficient (Wildman–Crippen LogP) is 7.64. The van der Waals surface area contributed by atoms with Crippen molar-refractivity contribution in [3.63, 3.8) is 0 Å². The lowest BCUT2D eigenvalue weighted by Crippen LogP contribution is -2.05. The Hall–Kier alpha value is -3.66. The zero-order valence-corrected chi connectivity index (χ0v) is 18.3.